The highest BCUT2D eigenvalue weighted by molar-refractivity contribution is 5.93. The van der Waals surface area contributed by atoms with Crippen molar-refractivity contribution in [1.29, 1.82) is 0 Å². The summed E-state index contributed by atoms with van der Waals surface area (Å²) in [6, 6.07) is 7.64. The number of urea groups is 1. The van der Waals surface area contributed by atoms with Crippen LogP contribution in [0.5, 0.6) is 0 Å². The Labute approximate surface area is 159 Å². The zero-order valence-corrected chi connectivity index (χ0v) is 15.8. The van der Waals surface area contributed by atoms with E-state index in [0.717, 1.165) is 37.3 Å². The first-order valence-electron chi connectivity index (χ1n) is 9.58. The van der Waals surface area contributed by atoms with Gasteiger partial charge in [0.15, 0.2) is 0 Å². The Bertz CT molecular complexity index is 640. The van der Waals surface area contributed by atoms with Gasteiger partial charge in [0.05, 0.1) is 31.2 Å². The molecule has 1 aromatic rings. The van der Waals surface area contributed by atoms with Crippen LogP contribution in [0.15, 0.2) is 24.3 Å². The van der Waals surface area contributed by atoms with Crippen LogP contribution in [0.25, 0.3) is 0 Å². The van der Waals surface area contributed by atoms with Crippen molar-refractivity contribution in [2.24, 2.45) is 0 Å². The molecule has 0 atom stereocenters. The molecule has 3 amide bonds. The third-order valence-corrected chi connectivity index (χ3v) is 4.86. The van der Waals surface area contributed by atoms with Crippen LogP contribution in [0.3, 0.4) is 0 Å². The predicted octanol–water partition coefficient (Wildman–Crippen LogP) is 2.27. The summed E-state index contributed by atoms with van der Waals surface area (Å²) in [5.41, 5.74) is 1.80. The van der Waals surface area contributed by atoms with Crippen LogP contribution in [-0.2, 0) is 9.47 Å². The van der Waals surface area contributed by atoms with E-state index < -0.39 is 0 Å². The summed E-state index contributed by atoms with van der Waals surface area (Å²) in [4.78, 5) is 28.1. The second-order valence-corrected chi connectivity index (χ2v) is 6.68. The van der Waals surface area contributed by atoms with E-state index in [2.05, 4.69) is 15.5 Å². The summed E-state index contributed by atoms with van der Waals surface area (Å²) >= 11 is 0. The molecule has 0 saturated carbocycles. The Morgan fingerprint density at radius 1 is 1.15 bits per heavy atom. The molecule has 3 rings (SSSR count). The van der Waals surface area contributed by atoms with Gasteiger partial charge < -0.3 is 29.9 Å². The van der Waals surface area contributed by atoms with E-state index in [-0.39, 0.29) is 18.2 Å². The monoisotopic (exact) mass is 376 g/mol. The van der Waals surface area contributed by atoms with Gasteiger partial charge >= 0.3 is 12.1 Å². The quantitative estimate of drug-likeness (QED) is 0.842. The van der Waals surface area contributed by atoms with Crippen molar-refractivity contribution in [2.45, 2.75) is 25.8 Å². The van der Waals surface area contributed by atoms with Crippen LogP contribution < -0.4 is 15.5 Å². The minimum Gasteiger partial charge on any atom is -0.450 e. The minimum absolute atomic E-state index is 0.0474. The predicted molar refractivity (Wildman–Crippen MR) is 103 cm³/mol. The molecule has 0 aliphatic carbocycles. The van der Waals surface area contributed by atoms with Gasteiger partial charge in [-0.05, 0) is 31.9 Å². The number of carbonyl (C=O) groups is 2. The largest absolute Gasteiger partial charge is 0.450 e. The van der Waals surface area contributed by atoms with Gasteiger partial charge in [-0.3, -0.25) is 0 Å². The number of benzene rings is 1. The number of likely N-dealkylation sites (tertiary alicyclic amines) is 1. The standard InChI is InChI=1S/C19H28N4O4/c1-2-27-19(25)23-9-7-15(8-10-23)20-18(24)21-16-5-3-4-6-17(16)22-11-13-26-14-12-22/h3-6,15H,2,7-14H2,1H3,(H2,20,21,24). The lowest BCUT2D eigenvalue weighted by molar-refractivity contribution is 0.0959. The molecule has 2 heterocycles. The van der Waals surface area contributed by atoms with Gasteiger partial charge in [0.1, 0.15) is 0 Å². The van der Waals surface area contributed by atoms with E-state index >= 15 is 0 Å². The van der Waals surface area contributed by atoms with E-state index in [1.807, 2.05) is 24.3 Å². The lowest BCUT2D eigenvalue weighted by Gasteiger charge is -2.32. The molecule has 0 aromatic heterocycles. The van der Waals surface area contributed by atoms with Gasteiger partial charge in [0.2, 0.25) is 0 Å². The summed E-state index contributed by atoms with van der Waals surface area (Å²) in [5, 5.41) is 5.99. The second-order valence-electron chi connectivity index (χ2n) is 6.68. The van der Waals surface area contributed by atoms with Gasteiger partial charge in [0, 0.05) is 32.2 Å². The fourth-order valence-corrected chi connectivity index (χ4v) is 3.42. The maximum absolute atomic E-state index is 12.5. The average molecular weight is 376 g/mol. The highest BCUT2D eigenvalue weighted by atomic mass is 16.6. The van der Waals surface area contributed by atoms with Gasteiger partial charge in [-0.2, -0.15) is 0 Å². The molecule has 2 aliphatic rings. The maximum atomic E-state index is 12.5. The molecule has 2 saturated heterocycles. The smallest absolute Gasteiger partial charge is 0.409 e. The molecule has 2 aliphatic heterocycles. The Balaban J connectivity index is 1.51. The average Bonchev–Trinajstić information content (AvgIpc) is 2.70. The third-order valence-electron chi connectivity index (χ3n) is 4.86. The first-order valence-corrected chi connectivity index (χ1v) is 9.58. The molecule has 0 spiro atoms. The van der Waals surface area contributed by atoms with E-state index in [4.69, 9.17) is 9.47 Å². The van der Waals surface area contributed by atoms with Crippen molar-refractivity contribution >= 4 is 23.5 Å². The number of amides is 3. The fraction of sp³-hybridized carbons (Fsp3) is 0.579. The first kappa shape index (κ1) is 19.3. The Hall–Kier alpha value is -2.48. The lowest BCUT2D eigenvalue weighted by Crippen LogP contribution is -2.47. The van der Waals surface area contributed by atoms with E-state index in [0.29, 0.717) is 32.9 Å². The van der Waals surface area contributed by atoms with Crippen molar-refractivity contribution in [3.8, 4) is 0 Å². The molecular formula is C19H28N4O4. The molecule has 2 fully saturated rings. The molecule has 8 heteroatoms. The summed E-state index contributed by atoms with van der Waals surface area (Å²) in [5.74, 6) is 0. The number of hydrogen-bond donors (Lipinski definition) is 2. The van der Waals surface area contributed by atoms with E-state index in [1.54, 1.807) is 11.8 Å². The third kappa shape index (κ3) is 5.26. The zero-order chi connectivity index (χ0) is 19.1. The first-order chi connectivity index (χ1) is 13.2. The van der Waals surface area contributed by atoms with Crippen LogP contribution in [0.2, 0.25) is 0 Å². The molecular weight excluding hydrogens is 348 g/mol. The van der Waals surface area contributed by atoms with Crippen LogP contribution in [0.1, 0.15) is 19.8 Å². The molecule has 1 aromatic carbocycles. The summed E-state index contributed by atoms with van der Waals surface area (Å²) in [6.45, 7) is 6.37. The van der Waals surface area contributed by atoms with Crippen LogP contribution in [0.4, 0.5) is 21.0 Å². The minimum atomic E-state index is -0.278. The van der Waals surface area contributed by atoms with Crippen molar-refractivity contribution in [1.82, 2.24) is 10.2 Å². The van der Waals surface area contributed by atoms with Gasteiger partial charge in [-0.25, -0.2) is 9.59 Å². The fourth-order valence-electron chi connectivity index (χ4n) is 3.42. The number of carbonyl (C=O) groups excluding carboxylic acids is 2. The molecule has 2 N–H and O–H groups in total. The van der Waals surface area contributed by atoms with Crippen LogP contribution >= 0.6 is 0 Å². The second kappa shape index (κ2) is 9.45. The van der Waals surface area contributed by atoms with Crippen molar-refractivity contribution in [3.63, 3.8) is 0 Å². The maximum Gasteiger partial charge on any atom is 0.409 e. The number of para-hydroxylation sites is 2. The highest BCUT2D eigenvalue weighted by Gasteiger charge is 2.25. The molecule has 148 valence electrons. The summed E-state index contributed by atoms with van der Waals surface area (Å²) in [7, 11) is 0. The van der Waals surface area contributed by atoms with Gasteiger partial charge in [0.25, 0.3) is 0 Å². The van der Waals surface area contributed by atoms with Crippen LogP contribution in [0, 0.1) is 0 Å². The Kier molecular flexibility index (Phi) is 6.75. The molecule has 0 unspecified atom stereocenters. The Morgan fingerprint density at radius 2 is 1.85 bits per heavy atom. The number of nitrogens with zero attached hydrogens (tertiary/aromatic N) is 2. The SMILES string of the molecule is CCOC(=O)N1CCC(NC(=O)Nc2ccccc2N2CCOCC2)CC1. The molecule has 0 bridgehead atoms. The number of anilines is 2. The number of hydrogen-bond acceptors (Lipinski definition) is 5. The van der Waals surface area contributed by atoms with Crippen LogP contribution in [-0.4, -0.2) is 69.1 Å². The Morgan fingerprint density at radius 3 is 2.56 bits per heavy atom. The van der Waals surface area contributed by atoms with Crippen molar-refractivity contribution in [2.75, 3.05) is 56.2 Å². The number of nitrogens with one attached hydrogen (secondary N) is 2. The molecule has 27 heavy (non-hydrogen) atoms. The summed E-state index contributed by atoms with van der Waals surface area (Å²) in [6.07, 6.45) is 1.16. The number of morpholine rings is 1. The van der Waals surface area contributed by atoms with Crippen molar-refractivity contribution in [3.05, 3.63) is 24.3 Å². The highest BCUT2D eigenvalue weighted by Crippen LogP contribution is 2.26. The molecule has 8 nitrogen and oxygen atoms in total. The number of ether oxygens (including phenoxy) is 2. The van der Waals surface area contributed by atoms with E-state index in [9.17, 15) is 9.59 Å². The zero-order valence-electron chi connectivity index (χ0n) is 15.8. The summed E-state index contributed by atoms with van der Waals surface area (Å²) < 4.78 is 10.4. The number of rotatable bonds is 4. The topological polar surface area (TPSA) is 83.1 Å². The lowest BCUT2D eigenvalue weighted by atomic mass is 10.1. The van der Waals surface area contributed by atoms with E-state index in [1.165, 1.54) is 0 Å². The van der Waals surface area contributed by atoms with Crippen molar-refractivity contribution < 1.29 is 19.1 Å². The normalized spacial score (nSPS) is 18.1. The number of piperidine rings is 1. The molecule has 0 radical (unpaired) electrons. The van der Waals surface area contributed by atoms with Gasteiger partial charge in [-0.15, -0.1) is 0 Å². The van der Waals surface area contributed by atoms with Gasteiger partial charge in [-0.1, -0.05) is 12.1 Å².